The van der Waals surface area contributed by atoms with E-state index in [4.69, 9.17) is 16.3 Å². The van der Waals surface area contributed by atoms with Crippen molar-refractivity contribution in [3.8, 4) is 28.8 Å². The fourth-order valence-electron chi connectivity index (χ4n) is 5.65. The van der Waals surface area contributed by atoms with Crippen LogP contribution < -0.4 is 15.4 Å². The molecule has 2 amide bonds. The molecule has 3 N–H and O–H groups in total. The normalized spacial score (nSPS) is 20.9. The number of fused-ring (bicyclic) bond motifs is 2. The minimum absolute atomic E-state index is 0.0873. The average Bonchev–Trinajstić information content (AvgIpc) is 3.33. The lowest BCUT2D eigenvalue weighted by Gasteiger charge is -2.22. The van der Waals surface area contributed by atoms with Crippen molar-refractivity contribution in [2.45, 2.75) is 24.8 Å². The zero-order chi connectivity index (χ0) is 26.4. The number of hydrogen-bond donors (Lipinski definition) is 3. The van der Waals surface area contributed by atoms with Crippen LogP contribution in [0.4, 0.5) is 11.4 Å². The van der Waals surface area contributed by atoms with Gasteiger partial charge in [-0.15, -0.1) is 0 Å². The number of halogens is 1. The first-order chi connectivity index (χ1) is 18.5. The lowest BCUT2D eigenvalue weighted by atomic mass is 10.0. The molecule has 3 aliphatic rings. The van der Waals surface area contributed by atoms with Crippen molar-refractivity contribution in [2.75, 3.05) is 25.5 Å². The molecule has 1 saturated heterocycles. The van der Waals surface area contributed by atoms with Crippen molar-refractivity contribution in [1.29, 1.82) is 0 Å². The van der Waals surface area contributed by atoms with Crippen LogP contribution in [0.2, 0.25) is 5.02 Å². The quantitative estimate of drug-likeness (QED) is 0.339. The van der Waals surface area contributed by atoms with Gasteiger partial charge in [0.25, 0.3) is 5.91 Å². The Kier molecular flexibility index (Phi) is 5.88. The fraction of sp³-hybridized carbons (Fsp3) is 0.276. The summed E-state index contributed by atoms with van der Waals surface area (Å²) in [5.74, 6) is 7.34. The number of rotatable bonds is 5. The number of hydrogen-bond acceptors (Lipinski definition) is 5. The lowest BCUT2D eigenvalue weighted by molar-refractivity contribution is -0.126. The highest BCUT2D eigenvalue weighted by Crippen LogP contribution is 2.55. The first-order valence-electron chi connectivity index (χ1n) is 12.5. The molecule has 4 heterocycles. The molecule has 38 heavy (non-hydrogen) atoms. The van der Waals surface area contributed by atoms with E-state index in [1.807, 2.05) is 23.1 Å². The number of aromatic amines is 1. The van der Waals surface area contributed by atoms with Crippen LogP contribution in [-0.4, -0.2) is 52.4 Å². The van der Waals surface area contributed by atoms with Crippen molar-refractivity contribution >= 4 is 34.8 Å². The van der Waals surface area contributed by atoms with E-state index in [9.17, 15) is 9.59 Å². The zero-order valence-electron chi connectivity index (χ0n) is 20.9. The SMILES string of the molecule is C=CC(=O)N1CC[C@@H]2C[C@@]21C#Cc1cnccc1-c1[nH]c2c(c1Nc1cccc(Cl)c1OC)C(=O)NCC2. The maximum atomic E-state index is 13.0. The van der Waals surface area contributed by atoms with E-state index >= 15 is 0 Å². The molecule has 6 rings (SSSR count). The number of carbonyl (C=O) groups is 2. The van der Waals surface area contributed by atoms with Crippen molar-refractivity contribution < 1.29 is 14.3 Å². The second-order valence-corrected chi connectivity index (χ2v) is 10.1. The Morgan fingerprint density at radius 3 is 3.05 bits per heavy atom. The number of H-pyrrole nitrogens is 1. The van der Waals surface area contributed by atoms with E-state index in [1.165, 1.54) is 6.08 Å². The van der Waals surface area contributed by atoms with Gasteiger partial charge in [-0.2, -0.15) is 0 Å². The maximum absolute atomic E-state index is 13.0. The third-order valence-corrected chi connectivity index (χ3v) is 7.89. The second-order valence-electron chi connectivity index (χ2n) is 9.66. The smallest absolute Gasteiger partial charge is 0.255 e. The van der Waals surface area contributed by atoms with Crippen LogP contribution in [0.25, 0.3) is 11.3 Å². The van der Waals surface area contributed by atoms with Gasteiger partial charge in [0.1, 0.15) is 5.54 Å². The van der Waals surface area contributed by atoms with Gasteiger partial charge >= 0.3 is 0 Å². The van der Waals surface area contributed by atoms with Gasteiger partial charge in [0, 0.05) is 43.2 Å². The number of benzene rings is 1. The molecular formula is C29H26ClN5O3. The molecule has 0 spiro atoms. The predicted octanol–water partition coefficient (Wildman–Crippen LogP) is 4.30. The molecule has 8 nitrogen and oxygen atoms in total. The molecule has 1 aliphatic carbocycles. The van der Waals surface area contributed by atoms with Gasteiger partial charge in [-0.25, -0.2) is 0 Å². The van der Waals surface area contributed by atoms with Gasteiger partial charge in [-0.05, 0) is 43.0 Å². The molecule has 2 aromatic heterocycles. The van der Waals surface area contributed by atoms with E-state index in [1.54, 1.807) is 25.6 Å². The number of anilines is 2. The molecule has 0 radical (unpaired) electrons. The number of ether oxygens (including phenoxy) is 1. The average molecular weight is 528 g/mol. The first kappa shape index (κ1) is 24.1. The Bertz CT molecular complexity index is 1550. The summed E-state index contributed by atoms with van der Waals surface area (Å²) in [6.07, 6.45) is 7.25. The number of pyridine rings is 1. The molecule has 0 bridgehead atoms. The number of methoxy groups -OCH3 is 1. The number of aromatic nitrogens is 2. The summed E-state index contributed by atoms with van der Waals surface area (Å²) in [5, 5.41) is 6.80. The van der Waals surface area contributed by atoms with Gasteiger partial charge in [0.15, 0.2) is 5.75 Å². The number of likely N-dealkylation sites (tertiary alicyclic amines) is 1. The second kappa shape index (κ2) is 9.26. The van der Waals surface area contributed by atoms with Gasteiger partial charge < -0.3 is 25.3 Å². The van der Waals surface area contributed by atoms with Crippen LogP contribution in [0, 0.1) is 17.8 Å². The van der Waals surface area contributed by atoms with Gasteiger partial charge in [0.2, 0.25) is 5.91 Å². The molecule has 1 saturated carbocycles. The monoisotopic (exact) mass is 527 g/mol. The number of nitrogens with zero attached hydrogens (tertiary/aromatic N) is 2. The minimum Gasteiger partial charge on any atom is -0.493 e. The summed E-state index contributed by atoms with van der Waals surface area (Å²) in [7, 11) is 1.55. The summed E-state index contributed by atoms with van der Waals surface area (Å²) < 4.78 is 5.54. The van der Waals surface area contributed by atoms with Gasteiger partial charge in [0.05, 0.1) is 40.3 Å². The Hall–Kier alpha value is -4.22. The van der Waals surface area contributed by atoms with Crippen LogP contribution in [-0.2, 0) is 11.2 Å². The first-order valence-corrected chi connectivity index (χ1v) is 12.9. The summed E-state index contributed by atoms with van der Waals surface area (Å²) in [6, 6.07) is 7.29. The molecule has 2 atom stereocenters. The molecular weight excluding hydrogens is 502 g/mol. The highest BCUT2D eigenvalue weighted by atomic mass is 35.5. The number of carbonyl (C=O) groups excluding carboxylic acids is 2. The largest absolute Gasteiger partial charge is 0.493 e. The Morgan fingerprint density at radius 1 is 1.39 bits per heavy atom. The lowest BCUT2D eigenvalue weighted by Crippen LogP contribution is -2.38. The summed E-state index contributed by atoms with van der Waals surface area (Å²) in [4.78, 5) is 35.1. The molecule has 1 aromatic carbocycles. The maximum Gasteiger partial charge on any atom is 0.255 e. The number of para-hydroxylation sites is 1. The summed E-state index contributed by atoms with van der Waals surface area (Å²) in [5.41, 5.74) is 4.40. The van der Waals surface area contributed by atoms with E-state index in [0.29, 0.717) is 58.7 Å². The minimum atomic E-state index is -0.442. The van der Waals surface area contributed by atoms with Gasteiger partial charge in [-0.3, -0.25) is 14.6 Å². The Balaban J connectivity index is 1.46. The van der Waals surface area contributed by atoms with E-state index < -0.39 is 5.54 Å². The standard InChI is InChI=1S/C29H26ClN5O3/c1-3-23(36)35-14-10-18-15-29(18,35)11-7-17-16-31-12-8-19(17)25-26(24-21(33-25)9-13-32-28(24)37)34-22-6-4-5-20(30)27(22)38-2/h3-6,8,12,16,18,33-34H,1,9-10,13-15H2,2H3,(H,32,37)/t18-,29+/m1/s1. The fourth-order valence-corrected chi connectivity index (χ4v) is 5.91. The molecule has 192 valence electrons. The van der Waals surface area contributed by atoms with E-state index in [0.717, 1.165) is 29.8 Å². The van der Waals surface area contributed by atoms with Crippen LogP contribution in [0.15, 0.2) is 49.3 Å². The van der Waals surface area contributed by atoms with Crippen molar-refractivity contribution in [3.63, 3.8) is 0 Å². The van der Waals surface area contributed by atoms with Crippen LogP contribution in [0.5, 0.6) is 5.75 Å². The van der Waals surface area contributed by atoms with Crippen LogP contribution in [0.3, 0.4) is 0 Å². The summed E-state index contributed by atoms with van der Waals surface area (Å²) >= 11 is 6.38. The third-order valence-electron chi connectivity index (χ3n) is 7.60. The molecule has 0 unspecified atom stereocenters. The zero-order valence-corrected chi connectivity index (χ0v) is 21.6. The van der Waals surface area contributed by atoms with Crippen LogP contribution >= 0.6 is 11.6 Å². The highest BCUT2D eigenvalue weighted by molar-refractivity contribution is 6.32. The van der Waals surface area contributed by atoms with Crippen molar-refractivity contribution in [1.82, 2.24) is 20.2 Å². The Labute approximate surface area is 225 Å². The Morgan fingerprint density at radius 2 is 2.26 bits per heavy atom. The molecule has 3 aromatic rings. The van der Waals surface area contributed by atoms with Gasteiger partial charge in [-0.1, -0.05) is 36.1 Å². The molecule has 9 heteroatoms. The van der Waals surface area contributed by atoms with E-state index in [2.05, 4.69) is 39.0 Å². The topological polar surface area (TPSA) is 99.3 Å². The van der Waals surface area contributed by atoms with Crippen LogP contribution in [0.1, 0.15) is 34.5 Å². The number of piperidine rings is 1. The number of amides is 2. The number of nitrogens with one attached hydrogen (secondary N) is 3. The van der Waals surface area contributed by atoms with Crippen molar-refractivity contribution in [3.05, 3.63) is 71.2 Å². The predicted molar refractivity (Wildman–Crippen MR) is 146 cm³/mol. The van der Waals surface area contributed by atoms with E-state index in [-0.39, 0.29) is 11.8 Å². The molecule has 2 fully saturated rings. The summed E-state index contributed by atoms with van der Waals surface area (Å²) in [6.45, 7) is 4.89. The highest BCUT2D eigenvalue weighted by Gasteiger charge is 2.62. The third kappa shape index (κ3) is 3.82. The van der Waals surface area contributed by atoms with Crippen molar-refractivity contribution in [2.24, 2.45) is 5.92 Å². The molecule has 2 aliphatic heterocycles.